The first-order valence-corrected chi connectivity index (χ1v) is 10.3. The van der Waals surface area contributed by atoms with Gasteiger partial charge in [-0.25, -0.2) is 9.97 Å². The number of carbonyl (C=O) groups is 1. The van der Waals surface area contributed by atoms with Gasteiger partial charge in [-0.2, -0.15) is 0 Å². The van der Waals surface area contributed by atoms with Gasteiger partial charge < -0.3 is 19.4 Å². The number of anilines is 1. The molecule has 0 bridgehead atoms. The van der Waals surface area contributed by atoms with Crippen LogP contribution in [0.3, 0.4) is 0 Å². The van der Waals surface area contributed by atoms with E-state index in [-0.39, 0.29) is 23.1 Å². The van der Waals surface area contributed by atoms with E-state index in [0.29, 0.717) is 5.69 Å². The number of methoxy groups -OCH3 is 1. The van der Waals surface area contributed by atoms with Gasteiger partial charge in [0, 0.05) is 0 Å². The Kier molecular flexibility index (Phi) is 5.10. The second kappa shape index (κ2) is 7.36. The number of benzene rings is 1. The average molecular weight is 409 g/mol. The minimum atomic E-state index is -0.533. The van der Waals surface area contributed by atoms with E-state index in [9.17, 15) is 4.79 Å². The van der Waals surface area contributed by atoms with Crippen molar-refractivity contribution < 1.29 is 18.8 Å². The Morgan fingerprint density at radius 1 is 1.03 bits per heavy atom. The fraction of sp³-hybridized carbons (Fsp3) is 0.500. The molecule has 8 heteroatoms. The third-order valence-electron chi connectivity index (χ3n) is 6.70. The van der Waals surface area contributed by atoms with Gasteiger partial charge in [0.25, 0.3) is 0 Å². The number of aromatic nitrogens is 2. The molecule has 1 aromatic carbocycles. The number of nitrogens with one attached hydrogen (secondary N) is 1. The highest BCUT2D eigenvalue weighted by molar-refractivity contribution is 6.62. The van der Waals surface area contributed by atoms with E-state index >= 15 is 0 Å². The van der Waals surface area contributed by atoms with Crippen LogP contribution in [0.15, 0.2) is 36.7 Å². The zero-order valence-electron chi connectivity index (χ0n) is 18.2. The summed E-state index contributed by atoms with van der Waals surface area (Å²) in [7, 11) is 1.09. The summed E-state index contributed by atoms with van der Waals surface area (Å²) in [6.07, 6.45) is 5.75. The highest BCUT2D eigenvalue weighted by Crippen LogP contribution is 2.44. The van der Waals surface area contributed by atoms with Gasteiger partial charge in [0.15, 0.2) is 0 Å². The predicted molar refractivity (Wildman–Crippen MR) is 115 cm³/mol. The van der Waals surface area contributed by atoms with E-state index in [1.807, 2.05) is 52.0 Å². The molecule has 0 unspecified atom stereocenters. The maximum absolute atomic E-state index is 13.1. The first-order valence-electron chi connectivity index (χ1n) is 10.3. The van der Waals surface area contributed by atoms with Crippen molar-refractivity contribution in [1.29, 1.82) is 0 Å². The van der Waals surface area contributed by atoms with E-state index < -0.39 is 12.5 Å². The molecule has 1 aromatic heterocycles. The Morgan fingerprint density at radius 2 is 1.60 bits per heavy atom. The van der Waals surface area contributed by atoms with Crippen LogP contribution in [-0.2, 0) is 19.5 Å². The number of amides is 1. The van der Waals surface area contributed by atoms with Crippen molar-refractivity contribution in [2.75, 3.05) is 12.4 Å². The second-order valence-corrected chi connectivity index (χ2v) is 9.06. The molecule has 1 amide bonds. The van der Waals surface area contributed by atoms with Crippen LogP contribution in [0.2, 0.25) is 0 Å². The van der Waals surface area contributed by atoms with Gasteiger partial charge in [0.05, 0.1) is 41.8 Å². The van der Waals surface area contributed by atoms with Crippen molar-refractivity contribution in [3.63, 3.8) is 0 Å². The lowest BCUT2D eigenvalue weighted by Crippen LogP contribution is -2.46. The topological polar surface area (TPSA) is 82.6 Å². The van der Waals surface area contributed by atoms with Gasteiger partial charge in [-0.1, -0.05) is 30.7 Å². The van der Waals surface area contributed by atoms with Crippen LogP contribution < -0.4 is 15.5 Å². The van der Waals surface area contributed by atoms with Crippen LogP contribution in [0.4, 0.5) is 5.69 Å². The minimum Gasteiger partial charge on any atom is -0.467 e. The Balaban J connectivity index is 1.51. The summed E-state index contributed by atoms with van der Waals surface area (Å²) in [6.45, 7) is 8.16. The van der Waals surface area contributed by atoms with Crippen molar-refractivity contribution in [1.82, 2.24) is 9.97 Å². The summed E-state index contributed by atoms with van der Waals surface area (Å²) < 4.78 is 17.2. The van der Waals surface area contributed by atoms with Gasteiger partial charge in [0.2, 0.25) is 5.91 Å². The normalized spacial score (nSPS) is 21.0. The number of rotatable bonds is 5. The van der Waals surface area contributed by atoms with Crippen molar-refractivity contribution >= 4 is 24.2 Å². The van der Waals surface area contributed by atoms with Crippen molar-refractivity contribution in [2.45, 2.75) is 63.6 Å². The van der Waals surface area contributed by atoms with E-state index in [1.54, 1.807) is 12.4 Å². The summed E-state index contributed by atoms with van der Waals surface area (Å²) in [5.74, 6) is -0.0362. The first-order chi connectivity index (χ1) is 14.2. The summed E-state index contributed by atoms with van der Waals surface area (Å²) >= 11 is 0. The SMILES string of the molecule is COc1ncc(NC(=O)C2(c3ccc(B4OC(C)(C)C(C)(C)O4)cc3)CCC2)cn1. The quantitative estimate of drug-likeness (QED) is 0.765. The molecule has 2 heterocycles. The maximum atomic E-state index is 13.1. The van der Waals surface area contributed by atoms with Crippen LogP contribution in [0.5, 0.6) is 6.01 Å². The number of ether oxygens (including phenoxy) is 1. The van der Waals surface area contributed by atoms with Crippen molar-refractivity contribution in [2.24, 2.45) is 0 Å². The Bertz CT molecular complexity index is 908. The number of hydrogen-bond donors (Lipinski definition) is 1. The third-order valence-corrected chi connectivity index (χ3v) is 6.70. The number of hydrogen-bond acceptors (Lipinski definition) is 6. The molecular weight excluding hydrogens is 381 g/mol. The second-order valence-electron chi connectivity index (χ2n) is 9.06. The molecule has 158 valence electrons. The van der Waals surface area contributed by atoms with E-state index in [4.69, 9.17) is 14.0 Å². The maximum Gasteiger partial charge on any atom is 0.494 e. The Morgan fingerprint density at radius 3 is 2.07 bits per heavy atom. The molecule has 1 aliphatic heterocycles. The molecule has 2 aromatic rings. The summed E-state index contributed by atoms with van der Waals surface area (Å²) in [4.78, 5) is 21.2. The van der Waals surface area contributed by atoms with Crippen molar-refractivity contribution in [3.8, 4) is 6.01 Å². The summed E-state index contributed by atoms with van der Waals surface area (Å²) in [6, 6.07) is 8.31. The minimum absolute atomic E-state index is 0.0362. The third kappa shape index (κ3) is 3.48. The molecular formula is C22H28BN3O4. The predicted octanol–water partition coefficient (Wildman–Crippen LogP) is 2.84. The molecule has 30 heavy (non-hydrogen) atoms. The summed E-state index contributed by atoms with van der Waals surface area (Å²) in [5, 5.41) is 2.96. The molecule has 0 atom stereocenters. The zero-order valence-corrected chi connectivity index (χ0v) is 18.2. The molecule has 0 spiro atoms. The molecule has 4 rings (SSSR count). The van der Waals surface area contributed by atoms with Gasteiger partial charge in [-0.15, -0.1) is 0 Å². The lowest BCUT2D eigenvalue weighted by molar-refractivity contribution is -0.124. The smallest absolute Gasteiger partial charge is 0.467 e. The summed E-state index contributed by atoms with van der Waals surface area (Å²) in [5.41, 5.74) is 1.21. The van der Waals surface area contributed by atoms with E-state index in [2.05, 4.69) is 15.3 Å². The van der Waals surface area contributed by atoms with Gasteiger partial charge >= 0.3 is 13.1 Å². The fourth-order valence-corrected chi connectivity index (χ4v) is 3.85. The zero-order chi connectivity index (χ0) is 21.6. The van der Waals surface area contributed by atoms with Gasteiger partial charge in [-0.3, -0.25) is 4.79 Å². The van der Waals surface area contributed by atoms with Crippen molar-refractivity contribution in [3.05, 3.63) is 42.2 Å². The molecule has 2 fully saturated rings. The first kappa shape index (κ1) is 20.8. The van der Waals surface area contributed by atoms with Crippen LogP contribution in [0.1, 0.15) is 52.5 Å². The van der Waals surface area contributed by atoms with Gasteiger partial charge in [0.1, 0.15) is 0 Å². The molecule has 7 nitrogen and oxygen atoms in total. The van der Waals surface area contributed by atoms with Gasteiger partial charge in [-0.05, 0) is 51.6 Å². The lowest BCUT2D eigenvalue weighted by Gasteiger charge is -2.40. The van der Waals surface area contributed by atoms with Crippen LogP contribution >= 0.6 is 0 Å². The molecule has 2 aliphatic rings. The van der Waals surface area contributed by atoms with E-state index in [1.165, 1.54) is 7.11 Å². The Labute approximate surface area is 177 Å². The average Bonchev–Trinajstić information content (AvgIpc) is 2.89. The standard InChI is InChI=1S/C22H28BN3O4/c1-20(2)21(3,4)30-23(29-20)16-9-7-15(8-10-16)22(11-6-12-22)18(27)26-17-13-24-19(28-5)25-14-17/h7-10,13-14H,6,11-12H2,1-5H3,(H,26,27). The van der Waals surface area contributed by atoms with Crippen LogP contribution in [0, 0.1) is 0 Å². The molecule has 0 radical (unpaired) electrons. The monoisotopic (exact) mass is 409 g/mol. The number of nitrogens with zero attached hydrogens (tertiary/aromatic N) is 2. The highest BCUT2D eigenvalue weighted by Gasteiger charge is 2.52. The number of carbonyl (C=O) groups excluding carboxylic acids is 1. The molecule has 1 aliphatic carbocycles. The highest BCUT2D eigenvalue weighted by atomic mass is 16.7. The molecule has 1 saturated carbocycles. The largest absolute Gasteiger partial charge is 0.494 e. The van der Waals surface area contributed by atoms with E-state index in [0.717, 1.165) is 30.3 Å². The molecule has 1 N–H and O–H groups in total. The van der Waals surface area contributed by atoms with Crippen LogP contribution in [0.25, 0.3) is 0 Å². The lowest BCUT2D eigenvalue weighted by atomic mass is 9.63. The fourth-order valence-electron chi connectivity index (χ4n) is 3.85. The molecule has 1 saturated heterocycles. The Hall–Kier alpha value is -2.45. The van der Waals surface area contributed by atoms with Crippen LogP contribution in [-0.4, -0.2) is 41.3 Å².